The van der Waals surface area contributed by atoms with Crippen molar-refractivity contribution in [1.82, 2.24) is 0 Å². The highest BCUT2D eigenvalue weighted by Crippen LogP contribution is 2.34. The largest absolute Gasteiger partial charge is 0.298 e. The Morgan fingerprint density at radius 2 is 1.53 bits per heavy atom. The lowest BCUT2D eigenvalue weighted by Gasteiger charge is -2.08. The number of carbonyl (C=O) groups excluding carboxylic acids is 1. The van der Waals surface area contributed by atoms with Crippen LogP contribution in [0.15, 0.2) is 36.4 Å². The predicted octanol–water partition coefficient (Wildman–Crippen LogP) is 5.13. The summed E-state index contributed by atoms with van der Waals surface area (Å²) in [6.45, 7) is 0. The number of hydrogen-bond acceptors (Lipinski definition) is 1. The van der Waals surface area contributed by atoms with Gasteiger partial charge in [-0.05, 0) is 23.8 Å². The molecule has 86 valence electrons. The Balaban J connectivity index is 2.60. The van der Waals surface area contributed by atoms with Gasteiger partial charge in [-0.1, -0.05) is 53.0 Å². The third-order valence-electron chi connectivity index (χ3n) is 2.40. The number of rotatable bonds is 2. The molecule has 0 spiro atoms. The van der Waals surface area contributed by atoms with Gasteiger partial charge in [-0.2, -0.15) is 0 Å². The molecule has 0 radical (unpaired) electrons. The minimum atomic E-state index is 0.306. The van der Waals surface area contributed by atoms with E-state index >= 15 is 0 Å². The van der Waals surface area contributed by atoms with E-state index in [1.165, 1.54) is 0 Å². The molecule has 0 fully saturated rings. The highest BCUT2D eigenvalue weighted by molar-refractivity contribution is 6.40. The second-order valence-electron chi connectivity index (χ2n) is 3.45. The number of aldehydes is 1. The summed E-state index contributed by atoms with van der Waals surface area (Å²) in [6.07, 6.45) is 0.657. The first kappa shape index (κ1) is 12.4. The third kappa shape index (κ3) is 2.47. The van der Waals surface area contributed by atoms with Gasteiger partial charge < -0.3 is 0 Å². The number of carbonyl (C=O) groups is 1. The van der Waals surface area contributed by atoms with Crippen LogP contribution in [-0.4, -0.2) is 6.29 Å². The van der Waals surface area contributed by atoms with Crippen LogP contribution in [0.25, 0.3) is 11.1 Å². The fourth-order valence-corrected chi connectivity index (χ4v) is 2.22. The average molecular weight is 286 g/mol. The van der Waals surface area contributed by atoms with Gasteiger partial charge in [0.15, 0.2) is 6.29 Å². The van der Waals surface area contributed by atoms with Crippen molar-refractivity contribution >= 4 is 41.1 Å². The molecule has 4 heteroatoms. The molecule has 0 saturated carbocycles. The van der Waals surface area contributed by atoms with Crippen molar-refractivity contribution in [2.45, 2.75) is 0 Å². The molecule has 0 aliphatic carbocycles. The van der Waals surface area contributed by atoms with Crippen LogP contribution in [0.2, 0.25) is 15.1 Å². The molecule has 2 rings (SSSR count). The van der Waals surface area contributed by atoms with Gasteiger partial charge >= 0.3 is 0 Å². The van der Waals surface area contributed by atoms with Crippen LogP contribution in [0.1, 0.15) is 10.4 Å². The summed E-state index contributed by atoms with van der Waals surface area (Å²) in [6, 6.07) is 10.6. The van der Waals surface area contributed by atoms with Gasteiger partial charge in [0, 0.05) is 10.6 Å². The number of benzene rings is 2. The highest BCUT2D eigenvalue weighted by Gasteiger charge is 2.11. The maximum atomic E-state index is 10.9. The molecule has 0 heterocycles. The van der Waals surface area contributed by atoms with E-state index in [9.17, 15) is 4.79 Å². The molecule has 17 heavy (non-hydrogen) atoms. The van der Waals surface area contributed by atoms with Crippen LogP contribution in [0.5, 0.6) is 0 Å². The topological polar surface area (TPSA) is 17.1 Å². The fourth-order valence-electron chi connectivity index (χ4n) is 1.53. The molecule has 0 aromatic heterocycles. The van der Waals surface area contributed by atoms with E-state index in [1.807, 2.05) is 12.1 Å². The molecule has 0 unspecified atom stereocenters. The standard InChI is InChI=1S/C13H7Cl3O/c14-9-3-1-8(2-4-9)10-5-6-12(15)11(7-17)13(10)16/h1-7H. The van der Waals surface area contributed by atoms with Gasteiger partial charge in [-0.25, -0.2) is 0 Å². The molecular weight excluding hydrogens is 279 g/mol. The van der Waals surface area contributed by atoms with Crippen molar-refractivity contribution < 1.29 is 4.79 Å². The Morgan fingerprint density at radius 3 is 2.12 bits per heavy atom. The second-order valence-corrected chi connectivity index (χ2v) is 4.67. The second kappa shape index (κ2) is 5.09. The summed E-state index contributed by atoms with van der Waals surface area (Å²) in [5.74, 6) is 0. The zero-order valence-corrected chi connectivity index (χ0v) is 10.9. The Morgan fingerprint density at radius 1 is 0.882 bits per heavy atom. The monoisotopic (exact) mass is 284 g/mol. The van der Waals surface area contributed by atoms with Gasteiger partial charge in [0.25, 0.3) is 0 Å². The van der Waals surface area contributed by atoms with E-state index in [0.717, 1.165) is 11.1 Å². The Hall–Kier alpha value is -1.02. The Kier molecular flexibility index (Phi) is 3.72. The van der Waals surface area contributed by atoms with Crippen LogP contribution in [0, 0.1) is 0 Å². The summed E-state index contributed by atoms with van der Waals surface area (Å²) >= 11 is 17.8. The van der Waals surface area contributed by atoms with Crippen molar-refractivity contribution in [3.63, 3.8) is 0 Å². The molecule has 0 atom stereocenters. The van der Waals surface area contributed by atoms with Crippen LogP contribution >= 0.6 is 34.8 Å². The molecule has 0 bridgehead atoms. The smallest absolute Gasteiger partial charge is 0.153 e. The third-order valence-corrected chi connectivity index (χ3v) is 3.39. The highest BCUT2D eigenvalue weighted by atomic mass is 35.5. The first-order valence-electron chi connectivity index (χ1n) is 4.82. The molecule has 0 amide bonds. The molecular formula is C13H7Cl3O. The van der Waals surface area contributed by atoms with Crippen molar-refractivity contribution in [3.05, 3.63) is 57.0 Å². The minimum Gasteiger partial charge on any atom is -0.298 e. The average Bonchev–Trinajstić information content (AvgIpc) is 2.31. The molecule has 2 aromatic rings. The van der Waals surface area contributed by atoms with Crippen LogP contribution < -0.4 is 0 Å². The molecule has 0 saturated heterocycles. The van der Waals surface area contributed by atoms with Crippen LogP contribution in [-0.2, 0) is 0 Å². The zero-order chi connectivity index (χ0) is 12.4. The summed E-state index contributed by atoms with van der Waals surface area (Å²) in [7, 11) is 0. The normalized spacial score (nSPS) is 10.3. The summed E-state index contributed by atoms with van der Waals surface area (Å²) in [5.41, 5.74) is 1.95. The lowest BCUT2D eigenvalue weighted by molar-refractivity contribution is 0.112. The van der Waals surface area contributed by atoms with E-state index in [1.54, 1.807) is 24.3 Å². The van der Waals surface area contributed by atoms with Crippen molar-refractivity contribution in [1.29, 1.82) is 0 Å². The van der Waals surface area contributed by atoms with E-state index in [2.05, 4.69) is 0 Å². The SMILES string of the molecule is O=Cc1c(Cl)ccc(-c2ccc(Cl)cc2)c1Cl. The van der Waals surface area contributed by atoms with E-state index in [0.29, 0.717) is 26.9 Å². The van der Waals surface area contributed by atoms with Crippen molar-refractivity contribution in [2.24, 2.45) is 0 Å². The predicted molar refractivity (Wildman–Crippen MR) is 72.3 cm³/mol. The van der Waals surface area contributed by atoms with E-state index < -0.39 is 0 Å². The number of halogens is 3. The van der Waals surface area contributed by atoms with Gasteiger partial charge in [0.05, 0.1) is 15.6 Å². The lowest BCUT2D eigenvalue weighted by Crippen LogP contribution is -1.88. The van der Waals surface area contributed by atoms with Gasteiger partial charge in [-0.3, -0.25) is 4.79 Å². The summed E-state index contributed by atoms with van der Waals surface area (Å²) in [4.78, 5) is 10.9. The molecule has 2 aromatic carbocycles. The van der Waals surface area contributed by atoms with Gasteiger partial charge in [0.2, 0.25) is 0 Å². The van der Waals surface area contributed by atoms with Crippen LogP contribution in [0.4, 0.5) is 0 Å². The van der Waals surface area contributed by atoms with Gasteiger partial charge in [-0.15, -0.1) is 0 Å². The van der Waals surface area contributed by atoms with E-state index in [4.69, 9.17) is 34.8 Å². The minimum absolute atomic E-state index is 0.306. The molecule has 0 aliphatic rings. The Bertz CT molecular complexity index is 562. The van der Waals surface area contributed by atoms with Crippen molar-refractivity contribution in [3.8, 4) is 11.1 Å². The number of hydrogen-bond donors (Lipinski definition) is 0. The molecule has 0 N–H and O–H groups in total. The maximum Gasteiger partial charge on any atom is 0.153 e. The zero-order valence-electron chi connectivity index (χ0n) is 8.58. The fraction of sp³-hybridized carbons (Fsp3) is 0. The maximum absolute atomic E-state index is 10.9. The van der Waals surface area contributed by atoms with Gasteiger partial charge in [0.1, 0.15) is 0 Å². The summed E-state index contributed by atoms with van der Waals surface area (Å²) in [5, 5.41) is 1.35. The molecule has 1 nitrogen and oxygen atoms in total. The Labute approximate surface area is 114 Å². The van der Waals surface area contributed by atoms with E-state index in [-0.39, 0.29) is 0 Å². The quantitative estimate of drug-likeness (QED) is 0.699. The van der Waals surface area contributed by atoms with Crippen molar-refractivity contribution in [2.75, 3.05) is 0 Å². The first-order chi connectivity index (χ1) is 8.13. The molecule has 0 aliphatic heterocycles. The summed E-state index contributed by atoms with van der Waals surface area (Å²) < 4.78 is 0. The lowest BCUT2D eigenvalue weighted by atomic mass is 10.0. The van der Waals surface area contributed by atoms with Crippen LogP contribution in [0.3, 0.4) is 0 Å². The first-order valence-corrected chi connectivity index (χ1v) is 5.96.